The number of rotatable bonds is 6. The van der Waals surface area contributed by atoms with E-state index in [1.165, 1.54) is 6.07 Å². The predicted octanol–water partition coefficient (Wildman–Crippen LogP) is 2.91. The average molecular weight is 290 g/mol. The number of unbranched alkanes of at least 4 members (excludes halogenated alkanes) is 1. The zero-order valence-corrected chi connectivity index (χ0v) is 12.1. The number of carboxylic acids is 1. The van der Waals surface area contributed by atoms with Gasteiger partial charge in [-0.2, -0.15) is 0 Å². The molecule has 112 valence electrons. The summed E-state index contributed by atoms with van der Waals surface area (Å²) in [7, 11) is 0. The summed E-state index contributed by atoms with van der Waals surface area (Å²) in [4.78, 5) is 22.3. The van der Waals surface area contributed by atoms with Crippen LogP contribution in [0.1, 0.15) is 30.9 Å². The van der Waals surface area contributed by atoms with E-state index in [4.69, 9.17) is 14.3 Å². The highest BCUT2D eigenvalue weighted by molar-refractivity contribution is 5.85. The second-order valence-electron chi connectivity index (χ2n) is 4.94. The quantitative estimate of drug-likeness (QED) is 0.828. The van der Waals surface area contributed by atoms with Crippen LogP contribution >= 0.6 is 0 Å². The normalized spacial score (nSPS) is 10.8. The van der Waals surface area contributed by atoms with Crippen molar-refractivity contribution in [3.63, 3.8) is 0 Å². The van der Waals surface area contributed by atoms with Gasteiger partial charge in [0.1, 0.15) is 11.3 Å². The Morgan fingerprint density at radius 2 is 2.14 bits per heavy atom. The molecule has 0 fully saturated rings. The third-order valence-corrected chi connectivity index (χ3v) is 3.35. The number of hydrogen-bond donors (Lipinski definition) is 1. The lowest BCUT2D eigenvalue weighted by Gasteiger charge is -2.11. The molecule has 0 unspecified atom stereocenters. The van der Waals surface area contributed by atoms with Crippen molar-refractivity contribution >= 4 is 16.9 Å². The average Bonchev–Trinajstić information content (AvgIpc) is 2.44. The molecule has 1 N–H and O–H groups in total. The van der Waals surface area contributed by atoms with Gasteiger partial charge < -0.3 is 14.3 Å². The van der Waals surface area contributed by atoms with Crippen molar-refractivity contribution < 1.29 is 19.1 Å². The Bertz CT molecular complexity index is 714. The van der Waals surface area contributed by atoms with Gasteiger partial charge in [-0.15, -0.1) is 0 Å². The van der Waals surface area contributed by atoms with Crippen molar-refractivity contribution in [3.8, 4) is 5.75 Å². The van der Waals surface area contributed by atoms with Crippen molar-refractivity contribution in [3.05, 3.63) is 39.7 Å². The molecule has 0 amide bonds. The number of aliphatic carboxylic acids is 1. The molecule has 1 aromatic carbocycles. The predicted molar refractivity (Wildman–Crippen MR) is 79.0 cm³/mol. The van der Waals surface area contributed by atoms with Gasteiger partial charge in [0, 0.05) is 17.0 Å². The molecule has 0 saturated heterocycles. The van der Waals surface area contributed by atoms with E-state index in [1.54, 1.807) is 13.0 Å². The Balaban J connectivity index is 2.49. The Labute approximate surface area is 122 Å². The molecule has 0 aliphatic heterocycles. The first kappa shape index (κ1) is 15.1. The SMILES string of the molecule is CCCCc1cc(=O)oc2c(C)c(OCC(=O)O)ccc12. The molecule has 0 saturated carbocycles. The number of hydrogen-bond acceptors (Lipinski definition) is 4. The summed E-state index contributed by atoms with van der Waals surface area (Å²) in [6, 6.07) is 5.05. The lowest BCUT2D eigenvalue weighted by molar-refractivity contribution is -0.139. The molecule has 2 rings (SSSR count). The second-order valence-corrected chi connectivity index (χ2v) is 4.94. The maximum absolute atomic E-state index is 11.7. The number of aryl methyl sites for hydroxylation is 2. The fraction of sp³-hybridized carbons (Fsp3) is 0.375. The van der Waals surface area contributed by atoms with Crippen molar-refractivity contribution in [2.24, 2.45) is 0 Å². The smallest absolute Gasteiger partial charge is 0.341 e. The summed E-state index contributed by atoms with van der Waals surface area (Å²) in [6.45, 7) is 3.43. The summed E-state index contributed by atoms with van der Waals surface area (Å²) in [5.41, 5.74) is 1.67. The second kappa shape index (κ2) is 6.43. The van der Waals surface area contributed by atoms with E-state index in [9.17, 15) is 9.59 Å². The van der Waals surface area contributed by atoms with E-state index in [0.717, 1.165) is 30.2 Å². The van der Waals surface area contributed by atoms with Crippen molar-refractivity contribution in [2.45, 2.75) is 33.1 Å². The molecule has 0 radical (unpaired) electrons. The van der Waals surface area contributed by atoms with Crippen molar-refractivity contribution in [1.29, 1.82) is 0 Å². The van der Waals surface area contributed by atoms with E-state index < -0.39 is 18.2 Å². The maximum Gasteiger partial charge on any atom is 0.341 e. The first-order valence-corrected chi connectivity index (χ1v) is 6.94. The molecular weight excluding hydrogens is 272 g/mol. The Kier molecular flexibility index (Phi) is 4.62. The summed E-state index contributed by atoms with van der Waals surface area (Å²) < 4.78 is 10.5. The molecule has 0 atom stereocenters. The van der Waals surface area contributed by atoms with Gasteiger partial charge in [0.15, 0.2) is 6.61 Å². The lowest BCUT2D eigenvalue weighted by atomic mass is 10.0. The Hall–Kier alpha value is -2.30. The number of fused-ring (bicyclic) bond motifs is 1. The molecule has 5 heteroatoms. The van der Waals surface area contributed by atoms with Crippen LogP contribution in [0.4, 0.5) is 0 Å². The van der Waals surface area contributed by atoms with Gasteiger partial charge in [-0.25, -0.2) is 9.59 Å². The van der Waals surface area contributed by atoms with Crippen LogP contribution in [-0.4, -0.2) is 17.7 Å². The molecule has 0 bridgehead atoms. The summed E-state index contributed by atoms with van der Waals surface area (Å²) >= 11 is 0. The van der Waals surface area contributed by atoms with Crippen LogP contribution in [0, 0.1) is 6.92 Å². The van der Waals surface area contributed by atoms with E-state index in [1.807, 2.05) is 6.07 Å². The molecule has 0 aliphatic rings. The monoisotopic (exact) mass is 290 g/mol. The summed E-state index contributed by atoms with van der Waals surface area (Å²) in [5.74, 6) is -0.631. The zero-order chi connectivity index (χ0) is 15.4. The number of benzene rings is 1. The largest absolute Gasteiger partial charge is 0.481 e. The van der Waals surface area contributed by atoms with Crippen LogP contribution in [-0.2, 0) is 11.2 Å². The van der Waals surface area contributed by atoms with Gasteiger partial charge >= 0.3 is 11.6 Å². The fourth-order valence-corrected chi connectivity index (χ4v) is 2.28. The minimum Gasteiger partial charge on any atom is -0.481 e. The van der Waals surface area contributed by atoms with Crippen LogP contribution in [0.2, 0.25) is 0 Å². The maximum atomic E-state index is 11.7. The molecule has 1 heterocycles. The Morgan fingerprint density at radius 1 is 1.38 bits per heavy atom. The van der Waals surface area contributed by atoms with Crippen molar-refractivity contribution in [2.75, 3.05) is 6.61 Å². The summed E-state index contributed by atoms with van der Waals surface area (Å²) in [6.07, 6.45) is 2.85. The Morgan fingerprint density at radius 3 is 2.81 bits per heavy atom. The summed E-state index contributed by atoms with van der Waals surface area (Å²) in [5, 5.41) is 9.54. The van der Waals surface area contributed by atoms with E-state index in [2.05, 4.69) is 6.92 Å². The van der Waals surface area contributed by atoms with Crippen LogP contribution in [0.15, 0.2) is 27.4 Å². The van der Waals surface area contributed by atoms with Crippen LogP contribution in [0.5, 0.6) is 5.75 Å². The van der Waals surface area contributed by atoms with Gasteiger partial charge in [-0.3, -0.25) is 0 Å². The standard InChI is InChI=1S/C16H18O5/c1-3-4-5-11-8-15(19)21-16-10(2)13(7-6-12(11)16)20-9-14(17)18/h6-8H,3-5,9H2,1-2H3,(H,17,18). The minimum atomic E-state index is -1.05. The van der Waals surface area contributed by atoms with Crippen molar-refractivity contribution in [1.82, 2.24) is 0 Å². The first-order valence-electron chi connectivity index (χ1n) is 6.94. The number of ether oxygens (including phenoxy) is 1. The van der Waals surface area contributed by atoms with Crippen LogP contribution in [0.3, 0.4) is 0 Å². The molecule has 2 aromatic rings. The topological polar surface area (TPSA) is 76.7 Å². The molecule has 0 spiro atoms. The third kappa shape index (κ3) is 3.42. The highest BCUT2D eigenvalue weighted by Gasteiger charge is 2.12. The minimum absolute atomic E-state index is 0.396. The highest BCUT2D eigenvalue weighted by atomic mass is 16.5. The van der Waals surface area contributed by atoms with Gasteiger partial charge in [0.05, 0.1) is 0 Å². The van der Waals surface area contributed by atoms with Gasteiger partial charge in [0.25, 0.3) is 0 Å². The third-order valence-electron chi connectivity index (χ3n) is 3.35. The molecule has 21 heavy (non-hydrogen) atoms. The molecular formula is C16H18O5. The van der Waals surface area contributed by atoms with E-state index >= 15 is 0 Å². The lowest BCUT2D eigenvalue weighted by Crippen LogP contribution is -2.10. The number of carbonyl (C=O) groups is 1. The van der Waals surface area contributed by atoms with Crippen LogP contribution < -0.4 is 10.4 Å². The molecule has 0 aliphatic carbocycles. The highest BCUT2D eigenvalue weighted by Crippen LogP contribution is 2.29. The van der Waals surface area contributed by atoms with Crippen LogP contribution in [0.25, 0.3) is 11.0 Å². The molecule has 5 nitrogen and oxygen atoms in total. The number of carboxylic acid groups (broad SMARTS) is 1. The first-order chi connectivity index (χ1) is 10.0. The van der Waals surface area contributed by atoms with Gasteiger partial charge in [-0.05, 0) is 37.5 Å². The molecule has 1 aromatic heterocycles. The van der Waals surface area contributed by atoms with E-state index in [0.29, 0.717) is 16.9 Å². The zero-order valence-electron chi connectivity index (χ0n) is 12.1. The van der Waals surface area contributed by atoms with Gasteiger partial charge in [0.2, 0.25) is 0 Å². The fourth-order valence-electron chi connectivity index (χ4n) is 2.28. The van der Waals surface area contributed by atoms with E-state index in [-0.39, 0.29) is 0 Å². The van der Waals surface area contributed by atoms with Gasteiger partial charge in [-0.1, -0.05) is 13.3 Å².